The lowest BCUT2D eigenvalue weighted by atomic mass is 10.0. The van der Waals surface area contributed by atoms with Gasteiger partial charge >= 0.3 is 6.09 Å². The van der Waals surface area contributed by atoms with Crippen molar-refractivity contribution in [2.45, 2.75) is 6.42 Å². The predicted molar refractivity (Wildman–Crippen MR) is 71.2 cm³/mol. The molecule has 1 N–H and O–H groups in total. The number of allylic oxidation sites excluding steroid dienone is 1. The number of ether oxygens (including phenoxy) is 1. The molecule has 3 nitrogen and oxygen atoms in total. The highest BCUT2D eigenvalue weighted by atomic mass is 16.5. The molecule has 90 valence electrons. The van der Waals surface area contributed by atoms with Gasteiger partial charge in [0.05, 0.1) is 7.11 Å². The van der Waals surface area contributed by atoms with Gasteiger partial charge in [0.1, 0.15) is 0 Å². The molecular weight excluding hydrogens is 226 g/mol. The molecule has 0 aliphatic heterocycles. The summed E-state index contributed by atoms with van der Waals surface area (Å²) >= 11 is 0. The molecule has 3 rings (SSSR count). The zero-order chi connectivity index (χ0) is 12.5. The minimum Gasteiger partial charge on any atom is -0.453 e. The summed E-state index contributed by atoms with van der Waals surface area (Å²) in [5.41, 5.74) is 3.15. The first-order valence-corrected chi connectivity index (χ1v) is 5.85. The number of methoxy groups -OCH3 is 1. The lowest BCUT2D eigenvalue weighted by molar-refractivity contribution is 0.176. The molecule has 0 atom stereocenters. The van der Waals surface area contributed by atoms with Gasteiger partial charge in [0.25, 0.3) is 0 Å². The summed E-state index contributed by atoms with van der Waals surface area (Å²) in [4.78, 5) is 11.3. The third-order valence-corrected chi connectivity index (χ3v) is 3.21. The third-order valence-electron chi connectivity index (χ3n) is 3.21. The van der Waals surface area contributed by atoms with Crippen LogP contribution < -0.4 is 5.32 Å². The van der Waals surface area contributed by atoms with Crippen LogP contribution in [-0.2, 0) is 11.2 Å². The average molecular weight is 239 g/mol. The fourth-order valence-corrected chi connectivity index (χ4v) is 2.31. The highest BCUT2D eigenvalue weighted by Gasteiger charge is 2.16. The summed E-state index contributed by atoms with van der Waals surface area (Å²) in [6, 6.07) is 12.5. The number of rotatable bonds is 1. The van der Waals surface area contributed by atoms with Crippen LogP contribution in [0.1, 0.15) is 11.1 Å². The van der Waals surface area contributed by atoms with Crippen LogP contribution in [0.15, 0.2) is 42.5 Å². The lowest BCUT2D eigenvalue weighted by Gasteiger charge is -2.08. The van der Waals surface area contributed by atoms with E-state index >= 15 is 0 Å². The van der Waals surface area contributed by atoms with Crippen LogP contribution in [0.2, 0.25) is 0 Å². The van der Waals surface area contributed by atoms with E-state index < -0.39 is 6.09 Å². The van der Waals surface area contributed by atoms with E-state index in [0.29, 0.717) is 0 Å². The van der Waals surface area contributed by atoms with E-state index in [4.69, 9.17) is 0 Å². The molecule has 0 fully saturated rings. The minimum absolute atomic E-state index is 0.428. The molecule has 0 saturated heterocycles. The van der Waals surface area contributed by atoms with Crippen LogP contribution in [0.3, 0.4) is 0 Å². The van der Waals surface area contributed by atoms with Gasteiger partial charge in [-0.3, -0.25) is 5.32 Å². The van der Waals surface area contributed by atoms with Gasteiger partial charge in [-0.25, -0.2) is 4.79 Å². The van der Waals surface area contributed by atoms with Gasteiger partial charge in [0.2, 0.25) is 0 Å². The number of carbonyl (C=O) groups is 1. The maximum Gasteiger partial charge on any atom is 0.411 e. The highest BCUT2D eigenvalue weighted by molar-refractivity contribution is 5.92. The first-order chi connectivity index (χ1) is 8.78. The van der Waals surface area contributed by atoms with Gasteiger partial charge in [0, 0.05) is 11.3 Å². The second-order valence-electron chi connectivity index (χ2n) is 4.30. The van der Waals surface area contributed by atoms with Crippen molar-refractivity contribution >= 4 is 22.6 Å². The highest BCUT2D eigenvalue weighted by Crippen LogP contribution is 2.29. The number of hydrogen-bond donors (Lipinski definition) is 1. The van der Waals surface area contributed by atoms with Crippen molar-refractivity contribution in [1.29, 1.82) is 0 Å². The van der Waals surface area contributed by atoms with E-state index in [9.17, 15) is 4.79 Å². The maximum atomic E-state index is 11.3. The monoisotopic (exact) mass is 239 g/mol. The zero-order valence-corrected chi connectivity index (χ0v) is 10.1. The Morgan fingerprint density at radius 1 is 1.22 bits per heavy atom. The van der Waals surface area contributed by atoms with Crippen molar-refractivity contribution in [2.75, 3.05) is 7.11 Å². The fraction of sp³-hybridized carbons (Fsp3) is 0.133. The quantitative estimate of drug-likeness (QED) is 0.830. The van der Waals surface area contributed by atoms with Crippen LogP contribution >= 0.6 is 0 Å². The summed E-state index contributed by atoms with van der Waals surface area (Å²) in [5, 5.41) is 5.15. The van der Waals surface area contributed by atoms with Crippen LogP contribution in [0.5, 0.6) is 0 Å². The van der Waals surface area contributed by atoms with Gasteiger partial charge in [-0.15, -0.1) is 0 Å². The lowest BCUT2D eigenvalue weighted by Crippen LogP contribution is -2.20. The van der Waals surface area contributed by atoms with E-state index in [0.717, 1.165) is 17.7 Å². The normalized spacial score (nSPS) is 13.1. The molecule has 0 heterocycles. The number of amides is 1. The van der Waals surface area contributed by atoms with Gasteiger partial charge < -0.3 is 4.74 Å². The van der Waals surface area contributed by atoms with Crippen LogP contribution in [0, 0.1) is 0 Å². The molecule has 0 unspecified atom stereocenters. The van der Waals surface area contributed by atoms with E-state index in [1.165, 1.54) is 23.4 Å². The number of benzene rings is 2. The summed E-state index contributed by atoms with van der Waals surface area (Å²) in [5.74, 6) is 0. The molecule has 0 bridgehead atoms. The zero-order valence-electron chi connectivity index (χ0n) is 10.1. The summed E-state index contributed by atoms with van der Waals surface area (Å²) < 4.78 is 4.62. The number of nitrogens with one attached hydrogen (secondary N) is 1. The van der Waals surface area contributed by atoms with Crippen LogP contribution in [0.4, 0.5) is 4.79 Å². The van der Waals surface area contributed by atoms with E-state index in [1.54, 1.807) is 0 Å². The van der Waals surface area contributed by atoms with E-state index in [-0.39, 0.29) is 0 Å². The molecule has 1 aliphatic carbocycles. The minimum atomic E-state index is -0.428. The van der Waals surface area contributed by atoms with Crippen molar-refractivity contribution in [3.05, 3.63) is 53.6 Å². The molecule has 0 radical (unpaired) electrons. The largest absolute Gasteiger partial charge is 0.453 e. The van der Waals surface area contributed by atoms with Gasteiger partial charge in [-0.2, -0.15) is 0 Å². The van der Waals surface area contributed by atoms with Gasteiger partial charge in [-0.05, 0) is 28.8 Å². The van der Waals surface area contributed by atoms with Crippen molar-refractivity contribution in [3.8, 4) is 0 Å². The second-order valence-corrected chi connectivity index (χ2v) is 4.30. The fourth-order valence-electron chi connectivity index (χ4n) is 2.31. The Morgan fingerprint density at radius 2 is 1.94 bits per heavy atom. The molecule has 3 heteroatoms. The summed E-state index contributed by atoms with van der Waals surface area (Å²) in [6.45, 7) is 0. The number of hydrogen-bond acceptors (Lipinski definition) is 2. The number of carbonyl (C=O) groups excluding carboxylic acids is 1. The smallest absolute Gasteiger partial charge is 0.411 e. The Morgan fingerprint density at radius 3 is 2.67 bits per heavy atom. The molecule has 0 saturated carbocycles. The van der Waals surface area contributed by atoms with Crippen LogP contribution in [0.25, 0.3) is 16.5 Å². The predicted octanol–water partition coefficient (Wildman–Crippen LogP) is 3.09. The van der Waals surface area contributed by atoms with Crippen LogP contribution in [-0.4, -0.2) is 13.2 Å². The standard InChI is InChI=1S/C15H13NO2/c1-18-15(17)16-14-7-6-12-8-10-4-2-3-5-11(10)9-13(12)14/h2-5,7-9H,6H2,1H3,(H,16,17). The Balaban J connectivity index is 2.03. The Kier molecular flexibility index (Phi) is 2.52. The Hall–Kier alpha value is -2.29. The third kappa shape index (κ3) is 1.74. The van der Waals surface area contributed by atoms with Crippen molar-refractivity contribution < 1.29 is 9.53 Å². The maximum absolute atomic E-state index is 11.3. The Labute approximate surface area is 105 Å². The number of fused-ring (bicyclic) bond motifs is 2. The number of alkyl carbamates (subject to hydrolysis) is 1. The molecule has 0 aromatic heterocycles. The SMILES string of the molecule is COC(=O)NC1=CCc2cc3ccccc3cc21. The van der Waals surface area contributed by atoms with Gasteiger partial charge in [-0.1, -0.05) is 36.4 Å². The van der Waals surface area contributed by atoms with E-state index in [2.05, 4.69) is 34.3 Å². The molecule has 2 aromatic rings. The van der Waals surface area contributed by atoms with Crippen molar-refractivity contribution in [3.63, 3.8) is 0 Å². The molecule has 18 heavy (non-hydrogen) atoms. The summed E-state index contributed by atoms with van der Waals surface area (Å²) in [6.07, 6.45) is 2.43. The van der Waals surface area contributed by atoms with Crippen molar-refractivity contribution in [2.24, 2.45) is 0 Å². The molecule has 1 amide bonds. The van der Waals surface area contributed by atoms with Gasteiger partial charge in [0.15, 0.2) is 0 Å². The molecule has 1 aliphatic rings. The topological polar surface area (TPSA) is 38.3 Å². The average Bonchev–Trinajstić information content (AvgIpc) is 2.78. The summed E-state index contributed by atoms with van der Waals surface area (Å²) in [7, 11) is 1.37. The molecular formula is C15H13NO2. The van der Waals surface area contributed by atoms with Crippen molar-refractivity contribution in [1.82, 2.24) is 5.32 Å². The first kappa shape index (κ1) is 10.8. The second kappa shape index (κ2) is 4.18. The molecule has 2 aromatic carbocycles. The first-order valence-electron chi connectivity index (χ1n) is 5.85. The Bertz CT molecular complexity index is 659. The molecule has 0 spiro atoms. The van der Waals surface area contributed by atoms with E-state index in [1.807, 2.05) is 18.2 Å².